The Morgan fingerprint density at radius 3 is 2.80 bits per heavy atom. The summed E-state index contributed by atoms with van der Waals surface area (Å²) in [5, 5.41) is 10.9. The molecule has 0 aliphatic carbocycles. The van der Waals surface area contributed by atoms with Crippen LogP contribution in [0.15, 0.2) is 29.1 Å². The molecule has 0 bridgehead atoms. The molecule has 1 unspecified atom stereocenters. The van der Waals surface area contributed by atoms with Crippen LogP contribution in [-0.4, -0.2) is 27.9 Å². The van der Waals surface area contributed by atoms with Crippen LogP contribution in [-0.2, 0) is 6.54 Å². The summed E-state index contributed by atoms with van der Waals surface area (Å²) in [5.41, 5.74) is 0.925. The Morgan fingerprint density at radius 2 is 2.12 bits per heavy atom. The van der Waals surface area contributed by atoms with Crippen LogP contribution < -0.4 is 10.3 Å². The highest BCUT2D eigenvalue weighted by molar-refractivity contribution is 7.71. The predicted molar refractivity (Wildman–Crippen MR) is 103 cm³/mol. The number of H-pyrrole nitrogens is 1. The largest absolute Gasteiger partial charge is 0.496 e. The summed E-state index contributed by atoms with van der Waals surface area (Å²) >= 11 is 11.4. The molecule has 0 spiro atoms. The van der Waals surface area contributed by atoms with Gasteiger partial charge in [0, 0.05) is 16.7 Å². The second-order valence-corrected chi connectivity index (χ2v) is 6.75. The third-order valence-corrected chi connectivity index (χ3v) is 4.56. The van der Waals surface area contributed by atoms with Crippen molar-refractivity contribution >= 4 is 23.8 Å². The van der Waals surface area contributed by atoms with E-state index in [0.717, 1.165) is 19.3 Å². The molecule has 2 aromatic rings. The minimum atomic E-state index is -0.548. The first-order valence-electron chi connectivity index (χ1n) is 8.32. The summed E-state index contributed by atoms with van der Waals surface area (Å²) in [6.45, 7) is 2.41. The summed E-state index contributed by atoms with van der Waals surface area (Å²) in [6, 6.07) is 6.63. The molecule has 7 heteroatoms. The van der Waals surface area contributed by atoms with Crippen LogP contribution in [0.4, 0.5) is 0 Å². The number of hydrogen-bond acceptors (Lipinski definition) is 4. The number of halogens is 1. The van der Waals surface area contributed by atoms with Gasteiger partial charge in [-0.3, -0.25) is 9.78 Å². The van der Waals surface area contributed by atoms with Crippen molar-refractivity contribution in [1.29, 1.82) is 0 Å². The van der Waals surface area contributed by atoms with Crippen molar-refractivity contribution in [3.63, 3.8) is 0 Å². The normalized spacial score (nSPS) is 12.2. The van der Waals surface area contributed by atoms with Gasteiger partial charge in [0.1, 0.15) is 5.75 Å². The fourth-order valence-electron chi connectivity index (χ4n) is 2.74. The molecule has 5 nitrogen and oxygen atoms in total. The van der Waals surface area contributed by atoms with E-state index in [1.54, 1.807) is 29.9 Å². The number of benzene rings is 1. The van der Waals surface area contributed by atoms with Gasteiger partial charge >= 0.3 is 0 Å². The minimum absolute atomic E-state index is 0.263. The molecule has 2 N–H and O–H groups in total. The van der Waals surface area contributed by atoms with Gasteiger partial charge in [-0.1, -0.05) is 37.8 Å². The van der Waals surface area contributed by atoms with Gasteiger partial charge in [0.2, 0.25) is 0 Å². The SMILES string of the molecule is CCCCCC(O)Cn1c(-c2cc(Cl)ccc2OC)cc(=O)[nH]c1=S. The third kappa shape index (κ3) is 5.17. The molecule has 25 heavy (non-hydrogen) atoms. The van der Waals surface area contributed by atoms with Crippen LogP contribution in [0.1, 0.15) is 32.6 Å². The molecule has 1 heterocycles. The zero-order valence-electron chi connectivity index (χ0n) is 14.4. The highest BCUT2D eigenvalue weighted by Crippen LogP contribution is 2.32. The van der Waals surface area contributed by atoms with Gasteiger partial charge in [-0.05, 0) is 36.8 Å². The van der Waals surface area contributed by atoms with Gasteiger partial charge < -0.3 is 14.4 Å². The number of unbranched alkanes of at least 4 members (excludes halogenated alkanes) is 2. The molecule has 2 rings (SSSR count). The van der Waals surface area contributed by atoms with E-state index in [-0.39, 0.29) is 10.3 Å². The fourth-order valence-corrected chi connectivity index (χ4v) is 3.18. The lowest BCUT2D eigenvalue weighted by Gasteiger charge is -2.19. The average Bonchev–Trinajstić information content (AvgIpc) is 2.57. The van der Waals surface area contributed by atoms with Gasteiger partial charge in [0.15, 0.2) is 4.77 Å². The number of rotatable bonds is 8. The second-order valence-electron chi connectivity index (χ2n) is 5.93. The summed E-state index contributed by atoms with van der Waals surface area (Å²) in [5.74, 6) is 0.582. The van der Waals surface area contributed by atoms with Crippen molar-refractivity contribution in [2.45, 2.75) is 45.3 Å². The molecular formula is C18H23ClN2O3S. The molecule has 1 aromatic carbocycles. The highest BCUT2D eigenvalue weighted by atomic mass is 35.5. The number of nitrogens with zero attached hydrogens (tertiary/aromatic N) is 1. The van der Waals surface area contributed by atoms with E-state index >= 15 is 0 Å². The monoisotopic (exact) mass is 382 g/mol. The van der Waals surface area contributed by atoms with E-state index in [2.05, 4.69) is 11.9 Å². The Hall–Kier alpha value is -1.63. The molecule has 0 saturated heterocycles. The minimum Gasteiger partial charge on any atom is -0.496 e. The van der Waals surface area contributed by atoms with Crippen molar-refractivity contribution in [3.05, 3.63) is 44.4 Å². The number of hydrogen-bond donors (Lipinski definition) is 2. The van der Waals surface area contributed by atoms with Crippen LogP contribution in [0.5, 0.6) is 5.75 Å². The lowest BCUT2D eigenvalue weighted by molar-refractivity contribution is 0.140. The quantitative estimate of drug-likeness (QED) is 0.531. The van der Waals surface area contributed by atoms with Gasteiger partial charge in [0.05, 0.1) is 25.5 Å². The topological polar surface area (TPSA) is 67.2 Å². The number of methoxy groups -OCH3 is 1. The molecular weight excluding hydrogens is 360 g/mol. The summed E-state index contributed by atoms with van der Waals surface area (Å²) in [6.07, 6.45) is 3.25. The first kappa shape index (κ1) is 19.7. The van der Waals surface area contributed by atoms with Gasteiger partial charge in [-0.2, -0.15) is 0 Å². The maximum Gasteiger partial charge on any atom is 0.252 e. The van der Waals surface area contributed by atoms with Crippen molar-refractivity contribution in [2.24, 2.45) is 0 Å². The number of ether oxygens (including phenoxy) is 1. The predicted octanol–water partition coefficient (Wildman–Crippen LogP) is 4.18. The lowest BCUT2D eigenvalue weighted by atomic mass is 10.1. The second kappa shape index (κ2) is 9.17. The van der Waals surface area contributed by atoms with Gasteiger partial charge in [-0.15, -0.1) is 0 Å². The lowest BCUT2D eigenvalue weighted by Crippen LogP contribution is -2.22. The summed E-state index contributed by atoms with van der Waals surface area (Å²) in [7, 11) is 1.55. The highest BCUT2D eigenvalue weighted by Gasteiger charge is 2.15. The van der Waals surface area contributed by atoms with Crippen LogP contribution in [0.3, 0.4) is 0 Å². The number of aliphatic hydroxyl groups is 1. The van der Waals surface area contributed by atoms with Crippen molar-refractivity contribution in [1.82, 2.24) is 9.55 Å². The van der Waals surface area contributed by atoms with E-state index in [9.17, 15) is 9.90 Å². The van der Waals surface area contributed by atoms with Crippen LogP contribution >= 0.6 is 23.8 Å². The smallest absolute Gasteiger partial charge is 0.252 e. The molecule has 0 fully saturated rings. The Labute approximate surface area is 157 Å². The van der Waals surface area contributed by atoms with Crippen LogP contribution in [0, 0.1) is 4.77 Å². The molecule has 1 atom stereocenters. The average molecular weight is 383 g/mol. The van der Waals surface area contributed by atoms with E-state index in [1.807, 2.05) is 0 Å². The molecule has 0 saturated carbocycles. The third-order valence-electron chi connectivity index (χ3n) is 4.01. The zero-order valence-corrected chi connectivity index (χ0v) is 16.0. The zero-order chi connectivity index (χ0) is 18.4. The van der Waals surface area contributed by atoms with Crippen molar-refractivity contribution in [3.8, 4) is 17.0 Å². The Morgan fingerprint density at radius 1 is 1.36 bits per heavy atom. The number of nitrogens with one attached hydrogen (secondary N) is 1. The van der Waals surface area contributed by atoms with E-state index in [1.165, 1.54) is 6.07 Å². The molecule has 136 valence electrons. The van der Waals surface area contributed by atoms with Crippen LogP contribution in [0.25, 0.3) is 11.3 Å². The summed E-state index contributed by atoms with van der Waals surface area (Å²) < 4.78 is 7.38. The summed E-state index contributed by atoms with van der Waals surface area (Å²) in [4.78, 5) is 14.6. The molecule has 1 aromatic heterocycles. The number of aromatic amines is 1. The molecule has 0 amide bonds. The van der Waals surface area contributed by atoms with Crippen molar-refractivity contribution < 1.29 is 9.84 Å². The Bertz CT molecular complexity index is 832. The van der Waals surface area contributed by atoms with Crippen LogP contribution in [0.2, 0.25) is 5.02 Å². The number of aliphatic hydroxyl groups excluding tert-OH is 1. The molecule has 0 radical (unpaired) electrons. The van der Waals surface area contributed by atoms with E-state index < -0.39 is 6.10 Å². The maximum absolute atomic E-state index is 11.9. The van der Waals surface area contributed by atoms with Gasteiger partial charge in [-0.25, -0.2) is 0 Å². The first-order chi connectivity index (χ1) is 12.0. The fraction of sp³-hybridized carbons (Fsp3) is 0.444. The molecule has 0 aliphatic heterocycles. The van der Waals surface area contributed by atoms with Gasteiger partial charge in [0.25, 0.3) is 5.56 Å². The van der Waals surface area contributed by atoms with E-state index in [0.29, 0.717) is 35.0 Å². The number of aromatic nitrogens is 2. The first-order valence-corrected chi connectivity index (χ1v) is 9.11. The standard InChI is InChI=1S/C18H23ClN2O3S/c1-3-4-5-6-13(22)11-21-15(10-17(23)20-18(21)25)14-9-12(19)7-8-16(14)24-2/h7-10,13,22H,3-6,11H2,1-2H3,(H,20,23,25). The maximum atomic E-state index is 11.9. The molecule has 0 aliphatic rings. The van der Waals surface area contributed by atoms with Crippen molar-refractivity contribution in [2.75, 3.05) is 7.11 Å². The Kier molecular flexibility index (Phi) is 7.23. The van der Waals surface area contributed by atoms with E-state index in [4.69, 9.17) is 28.6 Å². The Balaban J connectivity index is 2.46.